The van der Waals surface area contributed by atoms with Gasteiger partial charge in [-0.15, -0.1) is 13.2 Å². The maximum atomic E-state index is 13.1. The molecule has 5 aromatic rings. The molecule has 0 bridgehead atoms. The Labute approximate surface area is 276 Å². The van der Waals surface area contributed by atoms with Crippen molar-refractivity contribution < 1.29 is 37.7 Å². The molecule has 0 amide bonds. The van der Waals surface area contributed by atoms with Crippen LogP contribution in [-0.2, 0) is 24.2 Å². The van der Waals surface area contributed by atoms with Crippen LogP contribution in [0.3, 0.4) is 0 Å². The van der Waals surface area contributed by atoms with Crippen LogP contribution in [0.15, 0.2) is 71.7 Å². The molecule has 0 unspecified atom stereocenters. The normalized spacial score (nSPS) is 12.4. The van der Waals surface area contributed by atoms with Crippen molar-refractivity contribution >= 4 is 27.8 Å². The van der Waals surface area contributed by atoms with Crippen LogP contribution in [0.5, 0.6) is 11.5 Å². The van der Waals surface area contributed by atoms with Crippen molar-refractivity contribution in [3.05, 3.63) is 99.5 Å². The van der Waals surface area contributed by atoms with Gasteiger partial charge in [0.25, 0.3) is 5.56 Å². The Kier molecular flexibility index (Phi) is 10.8. The van der Waals surface area contributed by atoms with Crippen molar-refractivity contribution in [2.45, 2.75) is 72.9 Å². The van der Waals surface area contributed by atoms with Gasteiger partial charge in [-0.05, 0) is 98.0 Å². The number of carbonyl (C=O) groups is 1. The Hall–Kier alpha value is -4.90. The lowest BCUT2D eigenvalue weighted by atomic mass is 9.87. The van der Waals surface area contributed by atoms with Crippen LogP contribution in [0, 0.1) is 6.92 Å². The standard InChI is InChI=1S/C31H23F3N2O5.C4H10O.C2H6/c1-17-13-24-21(6-8-26(37)36(24)16-18-3-2-4-20(14-18)41-31(32,33)34)29(23(17)15-27(38)39)22-5-7-25-28-19(10-12-40-25)9-11-35-30(22)28;1-4(2,3)5;1-2/h2-9,11,13-14H,10,12,15-16H2,1H3,(H,38,39);5H,1-3H3;1-2H3. The molecule has 0 fully saturated rings. The number of hydrogen-bond donors (Lipinski definition) is 2. The van der Waals surface area contributed by atoms with Gasteiger partial charge in [-0.2, -0.15) is 0 Å². The van der Waals surface area contributed by atoms with E-state index in [1.54, 1.807) is 52.1 Å². The lowest BCUT2D eigenvalue weighted by molar-refractivity contribution is -0.274. The highest BCUT2D eigenvalue weighted by atomic mass is 19.4. The molecular formula is C37H39F3N2O6. The van der Waals surface area contributed by atoms with E-state index in [2.05, 4.69) is 9.72 Å². The van der Waals surface area contributed by atoms with E-state index >= 15 is 0 Å². The van der Waals surface area contributed by atoms with E-state index in [1.165, 1.54) is 28.8 Å². The number of hydrogen-bond acceptors (Lipinski definition) is 6. The Balaban J connectivity index is 0.000000682. The number of rotatable bonds is 6. The Morgan fingerprint density at radius 2 is 1.75 bits per heavy atom. The lowest BCUT2D eigenvalue weighted by Crippen LogP contribution is -2.21. The zero-order chi connectivity index (χ0) is 35.4. The Morgan fingerprint density at radius 1 is 1.04 bits per heavy atom. The third-order valence-corrected chi connectivity index (χ3v) is 7.26. The van der Waals surface area contributed by atoms with Crippen molar-refractivity contribution in [1.29, 1.82) is 0 Å². The molecule has 1 aliphatic heterocycles. The van der Waals surface area contributed by atoms with Gasteiger partial charge in [0.1, 0.15) is 11.5 Å². The number of alkyl halides is 3. The van der Waals surface area contributed by atoms with E-state index in [4.69, 9.17) is 9.84 Å². The Morgan fingerprint density at radius 3 is 2.42 bits per heavy atom. The van der Waals surface area contributed by atoms with Crippen LogP contribution in [0.25, 0.3) is 32.9 Å². The number of carboxylic acid groups (broad SMARTS) is 1. The topological polar surface area (TPSA) is 111 Å². The zero-order valence-electron chi connectivity index (χ0n) is 27.7. The van der Waals surface area contributed by atoms with Gasteiger partial charge in [0.15, 0.2) is 0 Å². The summed E-state index contributed by atoms with van der Waals surface area (Å²) < 4.78 is 49.8. The fourth-order valence-electron chi connectivity index (χ4n) is 5.59. The molecule has 0 aliphatic carbocycles. The second-order valence-corrected chi connectivity index (χ2v) is 12.1. The molecule has 254 valence electrons. The first-order chi connectivity index (χ1) is 22.6. The molecule has 2 aromatic heterocycles. The van der Waals surface area contributed by atoms with Crippen molar-refractivity contribution in [2.24, 2.45) is 0 Å². The zero-order valence-corrected chi connectivity index (χ0v) is 27.7. The average molecular weight is 665 g/mol. The minimum absolute atomic E-state index is 0.0295. The monoisotopic (exact) mass is 664 g/mol. The van der Waals surface area contributed by atoms with Gasteiger partial charge in [0.05, 0.1) is 36.2 Å². The maximum Gasteiger partial charge on any atom is 0.573 e. The van der Waals surface area contributed by atoms with Crippen LogP contribution in [-0.4, -0.2) is 44.3 Å². The predicted molar refractivity (Wildman–Crippen MR) is 180 cm³/mol. The quantitative estimate of drug-likeness (QED) is 0.190. The smallest absolute Gasteiger partial charge is 0.493 e. The van der Waals surface area contributed by atoms with Crippen molar-refractivity contribution in [3.63, 3.8) is 0 Å². The van der Waals surface area contributed by atoms with Gasteiger partial charge in [0, 0.05) is 35.0 Å². The molecule has 6 rings (SSSR count). The molecule has 11 heteroatoms. The van der Waals surface area contributed by atoms with Crippen LogP contribution in [0.2, 0.25) is 0 Å². The molecule has 0 saturated carbocycles. The van der Waals surface area contributed by atoms with E-state index in [0.29, 0.717) is 63.0 Å². The van der Waals surface area contributed by atoms with E-state index in [9.17, 15) is 27.9 Å². The highest BCUT2D eigenvalue weighted by molar-refractivity contribution is 6.08. The number of aliphatic carboxylic acids is 1. The molecule has 2 N–H and O–H groups in total. The number of aryl methyl sites for hydroxylation is 1. The molecular weight excluding hydrogens is 625 g/mol. The summed E-state index contributed by atoms with van der Waals surface area (Å²) in [6.07, 6.45) is -2.68. The molecule has 3 aromatic carbocycles. The van der Waals surface area contributed by atoms with E-state index in [0.717, 1.165) is 10.9 Å². The van der Waals surface area contributed by atoms with Crippen LogP contribution >= 0.6 is 0 Å². The number of benzene rings is 3. The predicted octanol–water partition coefficient (Wildman–Crippen LogP) is 7.84. The second-order valence-electron chi connectivity index (χ2n) is 12.1. The SMILES string of the molecule is CC.CC(C)(C)O.Cc1cc2c(ccc(=O)n2Cc2cccc(OC(F)(F)F)c2)c(-c2ccc3c4c(ccnc24)CCO3)c1CC(=O)O. The average Bonchev–Trinajstić information content (AvgIpc) is 2.99. The van der Waals surface area contributed by atoms with Gasteiger partial charge in [-0.3, -0.25) is 14.6 Å². The van der Waals surface area contributed by atoms with Crippen LogP contribution in [0.1, 0.15) is 56.9 Å². The number of halogens is 3. The van der Waals surface area contributed by atoms with Gasteiger partial charge in [0.2, 0.25) is 0 Å². The molecule has 8 nitrogen and oxygen atoms in total. The number of fused-ring (bicyclic) bond motifs is 1. The third kappa shape index (κ3) is 8.51. The fraction of sp³-hybridized carbons (Fsp3) is 0.324. The summed E-state index contributed by atoms with van der Waals surface area (Å²) >= 11 is 0. The summed E-state index contributed by atoms with van der Waals surface area (Å²) in [5, 5.41) is 19.8. The number of aromatic nitrogens is 2. The molecule has 0 spiro atoms. The first kappa shape index (κ1) is 35.9. The van der Waals surface area contributed by atoms with Gasteiger partial charge in [-0.1, -0.05) is 26.0 Å². The number of pyridine rings is 2. The highest BCUT2D eigenvalue weighted by Gasteiger charge is 2.31. The largest absolute Gasteiger partial charge is 0.573 e. The van der Waals surface area contributed by atoms with Gasteiger partial charge < -0.3 is 24.3 Å². The molecule has 3 heterocycles. The summed E-state index contributed by atoms with van der Waals surface area (Å²) in [6, 6.07) is 15.9. The first-order valence-corrected chi connectivity index (χ1v) is 15.6. The summed E-state index contributed by atoms with van der Waals surface area (Å²) in [4.78, 5) is 29.8. The first-order valence-electron chi connectivity index (χ1n) is 15.6. The van der Waals surface area contributed by atoms with E-state index in [-0.39, 0.29) is 24.3 Å². The summed E-state index contributed by atoms with van der Waals surface area (Å²) in [6.45, 7) is 11.5. The van der Waals surface area contributed by atoms with E-state index < -0.39 is 17.9 Å². The lowest BCUT2D eigenvalue weighted by Gasteiger charge is -2.22. The van der Waals surface area contributed by atoms with Gasteiger partial charge in [-0.25, -0.2) is 0 Å². The molecule has 1 aliphatic rings. The molecule has 0 atom stereocenters. The minimum atomic E-state index is -4.85. The maximum absolute atomic E-state index is 13.1. The number of aliphatic hydroxyl groups is 1. The van der Waals surface area contributed by atoms with E-state index in [1.807, 2.05) is 32.0 Å². The number of carboxylic acids is 1. The molecule has 0 radical (unpaired) electrons. The summed E-state index contributed by atoms with van der Waals surface area (Å²) in [5.41, 5.74) is 4.38. The number of nitrogens with zero attached hydrogens (tertiary/aromatic N) is 2. The number of ether oxygens (including phenoxy) is 2. The minimum Gasteiger partial charge on any atom is -0.493 e. The third-order valence-electron chi connectivity index (χ3n) is 7.26. The van der Waals surface area contributed by atoms with Crippen LogP contribution < -0.4 is 15.0 Å². The molecule has 0 saturated heterocycles. The summed E-state index contributed by atoms with van der Waals surface area (Å²) in [5.74, 6) is -0.698. The van der Waals surface area contributed by atoms with Crippen molar-refractivity contribution in [3.8, 4) is 22.6 Å². The van der Waals surface area contributed by atoms with Crippen molar-refractivity contribution in [2.75, 3.05) is 6.61 Å². The fourth-order valence-corrected chi connectivity index (χ4v) is 5.59. The molecule has 48 heavy (non-hydrogen) atoms. The summed E-state index contributed by atoms with van der Waals surface area (Å²) in [7, 11) is 0. The van der Waals surface area contributed by atoms with Crippen molar-refractivity contribution in [1.82, 2.24) is 9.55 Å². The van der Waals surface area contributed by atoms with Crippen LogP contribution in [0.4, 0.5) is 13.2 Å². The second kappa shape index (κ2) is 14.5. The Bertz CT molecular complexity index is 2000. The van der Waals surface area contributed by atoms with Gasteiger partial charge >= 0.3 is 12.3 Å². The highest BCUT2D eigenvalue weighted by Crippen LogP contribution is 2.42.